The number of benzene rings is 3. The lowest BCUT2D eigenvalue weighted by molar-refractivity contribution is 0.0934. The molecule has 3 aromatic carbocycles. The van der Waals surface area contributed by atoms with Crippen LogP contribution in [-0.4, -0.2) is 15.8 Å². The van der Waals surface area contributed by atoms with Crippen molar-refractivity contribution in [3.63, 3.8) is 0 Å². The monoisotopic (exact) mass is 443 g/mol. The number of carbonyl (C=O) groups excluding carboxylic acids is 1. The van der Waals surface area contributed by atoms with Crippen LogP contribution in [0.2, 0.25) is 0 Å². The third kappa shape index (κ3) is 6.37. The first kappa shape index (κ1) is 22.4. The van der Waals surface area contributed by atoms with Crippen molar-refractivity contribution in [1.29, 1.82) is 0 Å². The number of halogens is 1. The largest absolute Gasteiger partial charge is 0.447 e. The average molecular weight is 444 g/mol. The molecule has 6 heteroatoms. The zero-order valence-electron chi connectivity index (χ0n) is 18.4. The molecule has 4 rings (SSSR count). The summed E-state index contributed by atoms with van der Waals surface area (Å²) < 4.78 is 19.3. The Labute approximate surface area is 192 Å². The van der Waals surface area contributed by atoms with Crippen LogP contribution in [0.25, 0.3) is 0 Å². The van der Waals surface area contributed by atoms with Crippen LogP contribution in [0.3, 0.4) is 0 Å². The number of amides is 1. The van der Waals surface area contributed by atoms with Gasteiger partial charge in [-0.25, -0.2) is 9.37 Å². The molecule has 0 saturated carbocycles. The van der Waals surface area contributed by atoms with Gasteiger partial charge in [-0.3, -0.25) is 9.69 Å². The minimum absolute atomic E-state index is 0.151. The molecule has 5 nitrogen and oxygen atoms in total. The van der Waals surface area contributed by atoms with E-state index in [0.717, 1.165) is 16.7 Å². The molecule has 0 bridgehead atoms. The summed E-state index contributed by atoms with van der Waals surface area (Å²) >= 11 is 0. The van der Waals surface area contributed by atoms with E-state index >= 15 is 0 Å². The van der Waals surface area contributed by atoms with Crippen LogP contribution in [0.15, 0.2) is 95.6 Å². The smallest absolute Gasteiger partial charge is 0.273 e. The topological polar surface area (TPSA) is 58.4 Å². The van der Waals surface area contributed by atoms with Crippen molar-refractivity contribution < 1.29 is 13.6 Å². The van der Waals surface area contributed by atoms with Gasteiger partial charge < -0.3 is 9.73 Å². The van der Waals surface area contributed by atoms with Gasteiger partial charge in [-0.1, -0.05) is 72.8 Å². The molecule has 0 aliphatic carbocycles. The molecule has 1 unspecified atom stereocenters. The lowest BCUT2D eigenvalue weighted by Crippen LogP contribution is -2.27. The number of hydrogen-bond acceptors (Lipinski definition) is 4. The third-order valence-electron chi connectivity index (χ3n) is 5.33. The Kier molecular flexibility index (Phi) is 7.27. The molecule has 4 aromatic rings. The highest BCUT2D eigenvalue weighted by molar-refractivity contribution is 5.92. The Balaban J connectivity index is 1.45. The molecular formula is C27H26FN3O2. The van der Waals surface area contributed by atoms with E-state index in [4.69, 9.17) is 4.42 Å². The van der Waals surface area contributed by atoms with Crippen LogP contribution >= 0.6 is 0 Å². The summed E-state index contributed by atoms with van der Waals surface area (Å²) in [7, 11) is 0. The number of oxazole rings is 1. The standard InChI is InChI=1S/C27H26FN3O2/c1-20(23-12-6-3-7-13-23)29-27(32)25-19-33-26(30-25)18-31(16-21-9-4-2-5-10-21)17-22-11-8-14-24(28)15-22/h2-15,19-20H,16-18H2,1H3,(H,29,32). The number of nitrogens with one attached hydrogen (secondary N) is 1. The van der Waals surface area contributed by atoms with E-state index < -0.39 is 0 Å². The second-order valence-corrected chi connectivity index (χ2v) is 7.99. The van der Waals surface area contributed by atoms with Crippen LogP contribution in [0, 0.1) is 5.82 Å². The lowest BCUT2D eigenvalue weighted by atomic mass is 10.1. The fourth-order valence-electron chi connectivity index (χ4n) is 3.68. The highest BCUT2D eigenvalue weighted by Crippen LogP contribution is 2.16. The normalized spacial score (nSPS) is 12.0. The van der Waals surface area contributed by atoms with Gasteiger partial charge in [-0.05, 0) is 35.7 Å². The van der Waals surface area contributed by atoms with Crippen molar-refractivity contribution in [2.75, 3.05) is 0 Å². The maximum atomic E-state index is 13.7. The van der Waals surface area contributed by atoms with Gasteiger partial charge in [0.15, 0.2) is 5.69 Å². The van der Waals surface area contributed by atoms with Gasteiger partial charge in [-0.2, -0.15) is 0 Å². The molecule has 1 N–H and O–H groups in total. The first-order valence-electron chi connectivity index (χ1n) is 10.9. The van der Waals surface area contributed by atoms with E-state index in [0.29, 0.717) is 25.5 Å². The summed E-state index contributed by atoms with van der Waals surface area (Å²) in [4.78, 5) is 19.2. The number of nitrogens with zero attached hydrogens (tertiary/aromatic N) is 2. The summed E-state index contributed by atoms with van der Waals surface area (Å²) in [6.07, 6.45) is 1.38. The van der Waals surface area contributed by atoms with Crippen LogP contribution in [0.4, 0.5) is 4.39 Å². The molecular weight excluding hydrogens is 417 g/mol. The maximum absolute atomic E-state index is 13.7. The molecule has 0 fully saturated rings. The van der Waals surface area contributed by atoms with Crippen molar-refractivity contribution >= 4 is 5.91 Å². The van der Waals surface area contributed by atoms with Gasteiger partial charge in [0.25, 0.3) is 5.91 Å². The number of hydrogen-bond donors (Lipinski definition) is 1. The van der Waals surface area contributed by atoms with Crippen molar-refractivity contribution in [3.8, 4) is 0 Å². The van der Waals surface area contributed by atoms with Crippen molar-refractivity contribution in [2.24, 2.45) is 0 Å². The SMILES string of the molecule is CC(NC(=O)c1coc(CN(Cc2ccccc2)Cc2cccc(F)c2)n1)c1ccccc1. The second kappa shape index (κ2) is 10.7. The van der Waals surface area contributed by atoms with E-state index in [-0.39, 0.29) is 23.5 Å². The average Bonchev–Trinajstić information content (AvgIpc) is 3.29. The molecule has 33 heavy (non-hydrogen) atoms. The number of carbonyl (C=O) groups is 1. The lowest BCUT2D eigenvalue weighted by Gasteiger charge is -2.21. The van der Waals surface area contributed by atoms with Gasteiger partial charge in [0.2, 0.25) is 5.89 Å². The zero-order chi connectivity index (χ0) is 23.0. The molecule has 168 valence electrons. The van der Waals surface area contributed by atoms with Crippen LogP contribution in [-0.2, 0) is 19.6 Å². The Morgan fingerprint density at radius 2 is 1.61 bits per heavy atom. The summed E-state index contributed by atoms with van der Waals surface area (Å²) in [5, 5.41) is 2.95. The highest BCUT2D eigenvalue weighted by Gasteiger charge is 2.18. The summed E-state index contributed by atoms with van der Waals surface area (Å²) in [6.45, 7) is 3.45. The molecule has 0 aliphatic heterocycles. The van der Waals surface area contributed by atoms with Gasteiger partial charge in [0.05, 0.1) is 12.6 Å². The Morgan fingerprint density at radius 1 is 0.939 bits per heavy atom. The quantitative estimate of drug-likeness (QED) is 0.371. The summed E-state index contributed by atoms with van der Waals surface area (Å²) in [5.41, 5.74) is 3.22. The second-order valence-electron chi connectivity index (χ2n) is 7.99. The summed E-state index contributed by atoms with van der Waals surface area (Å²) in [5.74, 6) is -0.129. The van der Waals surface area contributed by atoms with Gasteiger partial charge in [-0.15, -0.1) is 0 Å². The molecule has 1 atom stereocenters. The van der Waals surface area contributed by atoms with E-state index in [9.17, 15) is 9.18 Å². The third-order valence-corrected chi connectivity index (χ3v) is 5.33. The van der Waals surface area contributed by atoms with Crippen molar-refractivity contribution in [3.05, 3.63) is 125 Å². The maximum Gasteiger partial charge on any atom is 0.273 e. The Morgan fingerprint density at radius 3 is 2.33 bits per heavy atom. The minimum Gasteiger partial charge on any atom is -0.447 e. The molecule has 1 heterocycles. The van der Waals surface area contributed by atoms with Crippen LogP contribution in [0.1, 0.15) is 46.0 Å². The van der Waals surface area contributed by atoms with E-state index in [1.807, 2.05) is 73.7 Å². The van der Waals surface area contributed by atoms with Crippen molar-refractivity contribution in [2.45, 2.75) is 32.6 Å². The van der Waals surface area contributed by atoms with Gasteiger partial charge >= 0.3 is 0 Å². The highest BCUT2D eigenvalue weighted by atomic mass is 19.1. The number of aromatic nitrogens is 1. The summed E-state index contributed by atoms with van der Waals surface area (Å²) in [6, 6.07) is 26.2. The molecule has 0 saturated heterocycles. The minimum atomic E-state index is -0.291. The predicted molar refractivity (Wildman–Crippen MR) is 125 cm³/mol. The number of rotatable bonds is 9. The van der Waals surface area contributed by atoms with Crippen molar-refractivity contribution in [1.82, 2.24) is 15.2 Å². The molecule has 0 aliphatic rings. The van der Waals surface area contributed by atoms with Crippen LogP contribution in [0.5, 0.6) is 0 Å². The predicted octanol–water partition coefficient (Wildman–Crippen LogP) is 5.51. The van der Waals surface area contributed by atoms with E-state index in [1.165, 1.54) is 18.4 Å². The first-order chi connectivity index (χ1) is 16.1. The van der Waals surface area contributed by atoms with Gasteiger partial charge in [0, 0.05) is 13.1 Å². The Hall–Kier alpha value is -3.77. The molecule has 0 radical (unpaired) electrons. The molecule has 1 amide bonds. The molecule has 1 aromatic heterocycles. The van der Waals surface area contributed by atoms with E-state index in [2.05, 4.69) is 15.2 Å². The van der Waals surface area contributed by atoms with Crippen LogP contribution < -0.4 is 5.32 Å². The zero-order valence-corrected chi connectivity index (χ0v) is 18.4. The van der Waals surface area contributed by atoms with E-state index in [1.54, 1.807) is 6.07 Å². The fraction of sp³-hybridized carbons (Fsp3) is 0.185. The Bertz CT molecular complexity index is 1180. The van der Waals surface area contributed by atoms with Gasteiger partial charge in [0.1, 0.15) is 12.1 Å². The fourth-order valence-corrected chi connectivity index (χ4v) is 3.68. The molecule has 0 spiro atoms. The first-order valence-corrected chi connectivity index (χ1v) is 10.9.